The molecule has 1 saturated carbocycles. The fraction of sp³-hybridized carbons (Fsp3) is 0.312. The molecule has 3 aromatic rings. The Hall–Kier alpha value is -2.18. The van der Waals surface area contributed by atoms with E-state index in [1.807, 2.05) is 37.3 Å². The molecule has 120 valence electrons. The predicted molar refractivity (Wildman–Crippen MR) is 86.9 cm³/mol. The zero-order valence-corrected chi connectivity index (χ0v) is 13.5. The highest BCUT2D eigenvalue weighted by molar-refractivity contribution is 5.85. The molecular formula is C16H17ClN4O2. The third kappa shape index (κ3) is 2.64. The normalized spacial score (nSPS) is 15.7. The molecule has 0 aliphatic heterocycles. The molecule has 0 amide bonds. The average Bonchev–Trinajstić information content (AvgIpc) is 3.12. The molecule has 1 aliphatic rings. The lowest BCUT2D eigenvalue weighted by atomic mass is 9.77. The van der Waals surface area contributed by atoms with Crippen LogP contribution in [0, 0.1) is 6.92 Å². The van der Waals surface area contributed by atoms with E-state index in [2.05, 4.69) is 15.1 Å². The molecule has 0 bridgehead atoms. The van der Waals surface area contributed by atoms with E-state index in [-0.39, 0.29) is 12.4 Å². The Kier molecular flexibility index (Phi) is 3.95. The van der Waals surface area contributed by atoms with Gasteiger partial charge in [0, 0.05) is 5.56 Å². The fourth-order valence-corrected chi connectivity index (χ4v) is 2.60. The molecule has 6 nitrogen and oxygen atoms in total. The minimum absolute atomic E-state index is 0. The molecule has 2 N–H and O–H groups in total. The lowest BCUT2D eigenvalue weighted by molar-refractivity contribution is 0.229. The molecule has 1 fully saturated rings. The van der Waals surface area contributed by atoms with Crippen LogP contribution >= 0.6 is 12.4 Å². The van der Waals surface area contributed by atoms with E-state index in [4.69, 9.17) is 14.7 Å². The molecular weight excluding hydrogens is 316 g/mol. The van der Waals surface area contributed by atoms with Gasteiger partial charge in [-0.3, -0.25) is 0 Å². The van der Waals surface area contributed by atoms with Crippen LogP contribution in [-0.4, -0.2) is 15.1 Å². The highest BCUT2D eigenvalue weighted by Crippen LogP contribution is 2.38. The summed E-state index contributed by atoms with van der Waals surface area (Å²) in [6, 6.07) is 9.71. The molecule has 0 atom stereocenters. The van der Waals surface area contributed by atoms with Crippen molar-refractivity contribution in [2.75, 3.05) is 0 Å². The van der Waals surface area contributed by atoms with Crippen molar-refractivity contribution in [3.05, 3.63) is 41.9 Å². The van der Waals surface area contributed by atoms with Crippen molar-refractivity contribution in [3.63, 3.8) is 0 Å². The van der Waals surface area contributed by atoms with E-state index in [1.54, 1.807) is 0 Å². The minimum atomic E-state index is -0.443. The summed E-state index contributed by atoms with van der Waals surface area (Å²) in [6.45, 7) is 1.83. The summed E-state index contributed by atoms with van der Waals surface area (Å²) < 4.78 is 11.1. The minimum Gasteiger partial charge on any atom is -0.441 e. The summed E-state index contributed by atoms with van der Waals surface area (Å²) in [7, 11) is 0. The molecule has 2 heterocycles. The third-order valence-electron chi connectivity index (χ3n) is 4.14. The number of hydrogen-bond acceptors (Lipinski definition) is 6. The van der Waals surface area contributed by atoms with E-state index >= 15 is 0 Å². The van der Waals surface area contributed by atoms with Crippen molar-refractivity contribution < 1.29 is 8.94 Å². The lowest BCUT2D eigenvalue weighted by Gasteiger charge is -2.34. The highest BCUT2D eigenvalue weighted by Gasteiger charge is 2.39. The number of oxazole rings is 1. The first-order chi connectivity index (χ1) is 10.7. The number of aryl methyl sites for hydroxylation is 1. The number of rotatable bonds is 3. The van der Waals surface area contributed by atoms with E-state index in [0.29, 0.717) is 29.1 Å². The lowest BCUT2D eigenvalue weighted by Crippen LogP contribution is -2.44. The van der Waals surface area contributed by atoms with E-state index < -0.39 is 5.54 Å². The maximum Gasteiger partial charge on any atom is 0.280 e. The van der Waals surface area contributed by atoms with Crippen molar-refractivity contribution >= 4 is 12.4 Å². The summed E-state index contributed by atoms with van der Waals surface area (Å²) in [4.78, 5) is 8.90. The summed E-state index contributed by atoms with van der Waals surface area (Å²) in [5.74, 6) is 2.10. The topological polar surface area (TPSA) is 91.0 Å². The van der Waals surface area contributed by atoms with E-state index in [1.165, 1.54) is 0 Å². The highest BCUT2D eigenvalue weighted by atomic mass is 35.5. The van der Waals surface area contributed by atoms with Crippen LogP contribution in [0.2, 0.25) is 0 Å². The molecule has 1 aliphatic carbocycles. The van der Waals surface area contributed by atoms with Gasteiger partial charge in [-0.2, -0.15) is 4.98 Å². The van der Waals surface area contributed by atoms with Crippen molar-refractivity contribution in [1.29, 1.82) is 0 Å². The van der Waals surface area contributed by atoms with Gasteiger partial charge in [0.1, 0.15) is 5.76 Å². The Morgan fingerprint density at radius 2 is 1.83 bits per heavy atom. The number of nitrogens with two attached hydrogens (primary N) is 1. The standard InChI is InChI=1S/C16H16N4O2.ClH/c1-10-12(18-13(21-10)11-6-3-2-4-7-11)14-19-15(20-22-14)16(17)8-5-9-16;/h2-4,6-7H,5,8-9,17H2,1H3;1H. The molecule has 23 heavy (non-hydrogen) atoms. The Bertz CT molecular complexity index is 809. The Morgan fingerprint density at radius 1 is 1.09 bits per heavy atom. The smallest absolute Gasteiger partial charge is 0.280 e. The largest absolute Gasteiger partial charge is 0.441 e. The second-order valence-corrected chi connectivity index (χ2v) is 5.72. The molecule has 0 spiro atoms. The van der Waals surface area contributed by atoms with Gasteiger partial charge < -0.3 is 14.7 Å². The number of aromatic nitrogens is 3. The fourth-order valence-electron chi connectivity index (χ4n) is 2.60. The van der Waals surface area contributed by atoms with Gasteiger partial charge in [0.05, 0.1) is 5.54 Å². The third-order valence-corrected chi connectivity index (χ3v) is 4.14. The Balaban J connectivity index is 0.00000156. The van der Waals surface area contributed by atoms with Crippen LogP contribution in [0.5, 0.6) is 0 Å². The molecule has 0 radical (unpaired) electrons. The second kappa shape index (κ2) is 5.79. The van der Waals surface area contributed by atoms with Gasteiger partial charge in [-0.1, -0.05) is 23.4 Å². The summed E-state index contributed by atoms with van der Waals surface area (Å²) >= 11 is 0. The second-order valence-electron chi connectivity index (χ2n) is 5.72. The predicted octanol–water partition coefficient (Wildman–Crippen LogP) is 3.46. The van der Waals surface area contributed by atoms with Crippen molar-refractivity contribution in [1.82, 2.24) is 15.1 Å². The van der Waals surface area contributed by atoms with Gasteiger partial charge in [-0.25, -0.2) is 4.98 Å². The van der Waals surface area contributed by atoms with Crippen LogP contribution in [0.3, 0.4) is 0 Å². The summed E-state index contributed by atoms with van der Waals surface area (Å²) in [6.07, 6.45) is 2.87. The zero-order valence-electron chi connectivity index (χ0n) is 12.7. The number of halogens is 1. The van der Waals surface area contributed by atoms with Crippen molar-refractivity contribution in [3.8, 4) is 23.0 Å². The van der Waals surface area contributed by atoms with Crippen molar-refractivity contribution in [2.24, 2.45) is 5.73 Å². The Labute approximate surface area is 139 Å². The van der Waals surface area contributed by atoms with Crippen LogP contribution in [0.15, 0.2) is 39.3 Å². The van der Waals surface area contributed by atoms with Gasteiger partial charge in [-0.05, 0) is 38.3 Å². The number of hydrogen-bond donors (Lipinski definition) is 1. The van der Waals surface area contributed by atoms with Crippen LogP contribution < -0.4 is 5.73 Å². The molecule has 0 unspecified atom stereocenters. The first-order valence-electron chi connectivity index (χ1n) is 7.32. The maximum absolute atomic E-state index is 6.22. The van der Waals surface area contributed by atoms with Crippen LogP contribution in [0.1, 0.15) is 30.8 Å². The van der Waals surface area contributed by atoms with Crippen LogP contribution in [-0.2, 0) is 5.54 Å². The number of nitrogens with zero attached hydrogens (tertiary/aromatic N) is 3. The van der Waals surface area contributed by atoms with Crippen molar-refractivity contribution in [2.45, 2.75) is 31.7 Å². The van der Waals surface area contributed by atoms with Crippen LogP contribution in [0.4, 0.5) is 0 Å². The molecule has 1 aromatic carbocycles. The van der Waals surface area contributed by atoms with Gasteiger partial charge >= 0.3 is 0 Å². The number of benzene rings is 1. The first-order valence-corrected chi connectivity index (χ1v) is 7.32. The van der Waals surface area contributed by atoms with Gasteiger partial charge in [-0.15, -0.1) is 12.4 Å². The average molecular weight is 333 g/mol. The summed E-state index contributed by atoms with van der Waals surface area (Å²) in [5.41, 5.74) is 7.26. The molecule has 2 aromatic heterocycles. The quantitative estimate of drug-likeness (QED) is 0.789. The summed E-state index contributed by atoms with van der Waals surface area (Å²) in [5, 5.41) is 4.02. The molecule has 0 saturated heterocycles. The monoisotopic (exact) mass is 332 g/mol. The first kappa shape index (κ1) is 15.7. The zero-order chi connectivity index (χ0) is 15.2. The van der Waals surface area contributed by atoms with Crippen LogP contribution in [0.25, 0.3) is 23.0 Å². The van der Waals surface area contributed by atoms with E-state index in [9.17, 15) is 0 Å². The van der Waals surface area contributed by atoms with E-state index in [0.717, 1.165) is 24.8 Å². The Morgan fingerprint density at radius 3 is 2.48 bits per heavy atom. The van der Waals surface area contributed by atoms with Gasteiger partial charge in [0.15, 0.2) is 11.5 Å². The maximum atomic E-state index is 6.22. The van der Waals surface area contributed by atoms with Gasteiger partial charge in [0.25, 0.3) is 5.89 Å². The SMILES string of the molecule is Cc1oc(-c2ccccc2)nc1-c1nc(C2(N)CCC2)no1.Cl. The molecule has 7 heteroatoms. The molecule has 4 rings (SSSR count). The van der Waals surface area contributed by atoms with Gasteiger partial charge in [0.2, 0.25) is 5.89 Å².